The molecule has 0 radical (unpaired) electrons. The van der Waals surface area contributed by atoms with Crippen molar-refractivity contribution >= 4 is 35.0 Å². The van der Waals surface area contributed by atoms with Gasteiger partial charge in [-0.2, -0.15) is 0 Å². The normalized spacial score (nSPS) is 9.68. The Balaban J connectivity index is 2.36. The van der Waals surface area contributed by atoms with E-state index in [1.807, 2.05) is 0 Å². The fourth-order valence-corrected chi connectivity index (χ4v) is 2.80. The van der Waals surface area contributed by atoms with Crippen LogP contribution in [-0.4, -0.2) is 35.8 Å². The Morgan fingerprint density at radius 1 is 1.63 bits per heavy atom. The molecule has 1 heterocycles. The summed E-state index contributed by atoms with van der Waals surface area (Å²) in [6, 6.07) is 0. The van der Waals surface area contributed by atoms with Crippen LogP contribution < -0.4 is 5.32 Å². The number of hydrogen-bond acceptors (Lipinski definition) is 6. The smallest absolute Gasteiger partial charge is 0.311 e. The van der Waals surface area contributed by atoms with Crippen LogP contribution in [0.4, 0.5) is 0 Å². The number of hydrogen-bond donors (Lipinski definition) is 1. The van der Waals surface area contributed by atoms with Crippen molar-refractivity contribution in [2.75, 3.05) is 18.9 Å². The number of esters is 1. The summed E-state index contributed by atoms with van der Waals surface area (Å²) in [4.78, 5) is 26.8. The molecule has 19 heavy (non-hydrogen) atoms. The molecule has 1 rings (SSSR count). The highest BCUT2D eigenvalue weighted by Crippen LogP contribution is 2.22. The first kappa shape index (κ1) is 15.5. The van der Waals surface area contributed by atoms with E-state index < -0.39 is 0 Å². The molecule has 0 saturated carbocycles. The van der Waals surface area contributed by atoms with Gasteiger partial charge in [-0.1, -0.05) is 17.7 Å². The molecule has 0 aromatic carbocycles. The van der Waals surface area contributed by atoms with E-state index in [2.05, 4.69) is 16.2 Å². The van der Waals surface area contributed by atoms with Gasteiger partial charge in [-0.3, -0.25) is 9.59 Å². The number of thiazole rings is 1. The van der Waals surface area contributed by atoms with Crippen LogP contribution in [0.2, 0.25) is 0 Å². The van der Waals surface area contributed by atoms with Gasteiger partial charge in [-0.05, 0) is 6.92 Å². The van der Waals surface area contributed by atoms with Crippen molar-refractivity contribution < 1.29 is 14.3 Å². The third kappa shape index (κ3) is 6.27. The summed E-state index contributed by atoms with van der Waals surface area (Å²) in [6.07, 6.45) is 5.19. The van der Waals surface area contributed by atoms with Crippen molar-refractivity contribution in [3.05, 3.63) is 11.1 Å². The number of thioether (sulfide) groups is 1. The Bertz CT molecular complexity index is 480. The van der Waals surface area contributed by atoms with Crippen LogP contribution in [0.15, 0.2) is 9.72 Å². The second kappa shape index (κ2) is 8.56. The van der Waals surface area contributed by atoms with E-state index in [0.717, 1.165) is 4.34 Å². The highest BCUT2D eigenvalue weighted by molar-refractivity contribution is 8.01. The van der Waals surface area contributed by atoms with Crippen LogP contribution in [0, 0.1) is 12.3 Å². The molecular weight excluding hydrogens is 284 g/mol. The molecule has 0 unspecified atom stereocenters. The number of nitrogens with zero attached hydrogens (tertiary/aromatic N) is 1. The lowest BCUT2D eigenvalue weighted by Gasteiger charge is -1.99. The molecule has 102 valence electrons. The van der Waals surface area contributed by atoms with Crippen molar-refractivity contribution in [3.8, 4) is 12.3 Å². The molecule has 0 aliphatic heterocycles. The first-order valence-electron chi connectivity index (χ1n) is 5.58. The molecule has 0 saturated heterocycles. The van der Waals surface area contributed by atoms with Gasteiger partial charge in [0.15, 0.2) is 4.34 Å². The standard InChI is InChI=1S/C12H14N2O3S2/c1-3-5-13-10(15)8-19-12-14-9(7-18-12)6-11(16)17-4-2/h1,7H,4-6,8H2,2H3,(H,13,15). The van der Waals surface area contributed by atoms with E-state index in [1.165, 1.54) is 23.1 Å². The Labute approximate surface area is 120 Å². The third-order valence-electron chi connectivity index (χ3n) is 1.88. The van der Waals surface area contributed by atoms with Crippen molar-refractivity contribution in [3.63, 3.8) is 0 Å². The average Bonchev–Trinajstić information content (AvgIpc) is 2.81. The Morgan fingerprint density at radius 2 is 2.42 bits per heavy atom. The zero-order chi connectivity index (χ0) is 14.1. The fourth-order valence-electron chi connectivity index (χ4n) is 1.12. The minimum absolute atomic E-state index is 0.134. The van der Waals surface area contributed by atoms with E-state index in [9.17, 15) is 9.59 Å². The minimum atomic E-state index is -0.295. The number of terminal acetylenes is 1. The molecule has 1 N–H and O–H groups in total. The zero-order valence-electron chi connectivity index (χ0n) is 10.5. The van der Waals surface area contributed by atoms with E-state index in [1.54, 1.807) is 12.3 Å². The first-order valence-corrected chi connectivity index (χ1v) is 7.45. The number of amides is 1. The molecule has 0 spiro atoms. The van der Waals surface area contributed by atoms with Crippen molar-refractivity contribution in [1.29, 1.82) is 0 Å². The summed E-state index contributed by atoms with van der Waals surface area (Å²) >= 11 is 2.71. The summed E-state index contributed by atoms with van der Waals surface area (Å²) < 4.78 is 5.58. The molecule has 1 amide bonds. The van der Waals surface area contributed by atoms with Gasteiger partial charge in [0.2, 0.25) is 5.91 Å². The van der Waals surface area contributed by atoms with Crippen LogP contribution in [0.5, 0.6) is 0 Å². The average molecular weight is 298 g/mol. The highest BCUT2D eigenvalue weighted by Gasteiger charge is 2.09. The van der Waals surface area contributed by atoms with Crippen LogP contribution in [-0.2, 0) is 20.7 Å². The van der Waals surface area contributed by atoms with Crippen LogP contribution in [0.25, 0.3) is 0 Å². The summed E-state index contributed by atoms with van der Waals surface area (Å²) in [5, 5.41) is 4.36. The number of aromatic nitrogens is 1. The lowest BCUT2D eigenvalue weighted by molar-refractivity contribution is -0.142. The molecule has 5 nitrogen and oxygen atoms in total. The van der Waals surface area contributed by atoms with E-state index in [0.29, 0.717) is 12.3 Å². The van der Waals surface area contributed by atoms with Gasteiger partial charge in [-0.15, -0.1) is 17.8 Å². The number of rotatable bonds is 7. The fraction of sp³-hybridized carbons (Fsp3) is 0.417. The van der Waals surface area contributed by atoms with Crippen molar-refractivity contribution in [1.82, 2.24) is 10.3 Å². The molecule has 0 bridgehead atoms. The summed E-state index contributed by atoms with van der Waals surface area (Å²) in [5.41, 5.74) is 0.662. The second-order valence-corrected chi connectivity index (χ2v) is 5.44. The van der Waals surface area contributed by atoms with Crippen LogP contribution >= 0.6 is 23.1 Å². The van der Waals surface area contributed by atoms with E-state index in [-0.39, 0.29) is 30.6 Å². The largest absolute Gasteiger partial charge is 0.466 e. The molecule has 1 aromatic rings. The third-order valence-corrected chi connectivity index (χ3v) is 3.95. The van der Waals surface area contributed by atoms with Gasteiger partial charge in [0, 0.05) is 5.38 Å². The predicted octanol–water partition coefficient (Wildman–Crippen LogP) is 1.09. The van der Waals surface area contributed by atoms with Crippen molar-refractivity contribution in [2.24, 2.45) is 0 Å². The van der Waals surface area contributed by atoms with E-state index in [4.69, 9.17) is 11.2 Å². The number of ether oxygens (including phenoxy) is 1. The molecule has 1 aromatic heterocycles. The molecular formula is C12H14N2O3S2. The molecule has 7 heteroatoms. The lowest BCUT2D eigenvalue weighted by atomic mass is 10.3. The van der Waals surface area contributed by atoms with Gasteiger partial charge in [0.05, 0.1) is 31.0 Å². The highest BCUT2D eigenvalue weighted by atomic mass is 32.2. The van der Waals surface area contributed by atoms with Gasteiger partial charge < -0.3 is 10.1 Å². The SMILES string of the molecule is C#CCNC(=O)CSc1nc(CC(=O)OCC)cs1. The maximum Gasteiger partial charge on any atom is 0.311 e. The number of carbonyl (C=O) groups is 2. The minimum Gasteiger partial charge on any atom is -0.466 e. The zero-order valence-corrected chi connectivity index (χ0v) is 12.1. The van der Waals surface area contributed by atoms with Gasteiger partial charge in [-0.25, -0.2) is 4.98 Å². The van der Waals surface area contributed by atoms with Gasteiger partial charge in [0.25, 0.3) is 0 Å². The maximum atomic E-state index is 11.3. The number of carbonyl (C=O) groups excluding carboxylic acids is 2. The van der Waals surface area contributed by atoms with Crippen molar-refractivity contribution in [2.45, 2.75) is 17.7 Å². The summed E-state index contributed by atoms with van der Waals surface area (Å²) in [6.45, 7) is 2.35. The van der Waals surface area contributed by atoms with Crippen LogP contribution in [0.1, 0.15) is 12.6 Å². The van der Waals surface area contributed by atoms with Gasteiger partial charge in [0.1, 0.15) is 0 Å². The molecule has 0 aliphatic rings. The monoisotopic (exact) mass is 298 g/mol. The molecule has 0 fully saturated rings. The lowest BCUT2D eigenvalue weighted by Crippen LogP contribution is -2.25. The summed E-state index contributed by atoms with van der Waals surface area (Å²) in [5.74, 6) is 2.16. The first-order chi connectivity index (χ1) is 9.15. The molecule has 0 atom stereocenters. The number of nitrogens with one attached hydrogen (secondary N) is 1. The maximum absolute atomic E-state index is 11.3. The van der Waals surface area contributed by atoms with Gasteiger partial charge >= 0.3 is 5.97 Å². The molecule has 0 aliphatic carbocycles. The predicted molar refractivity (Wildman–Crippen MR) is 75.0 cm³/mol. The second-order valence-electron chi connectivity index (χ2n) is 3.36. The topological polar surface area (TPSA) is 68.3 Å². The van der Waals surface area contributed by atoms with E-state index >= 15 is 0 Å². The summed E-state index contributed by atoms with van der Waals surface area (Å²) in [7, 11) is 0. The Morgan fingerprint density at radius 3 is 3.11 bits per heavy atom. The quantitative estimate of drug-likeness (QED) is 0.464. The Hall–Kier alpha value is -1.52. The Kier molecular flexibility index (Phi) is 7.00. The van der Waals surface area contributed by atoms with Crippen LogP contribution in [0.3, 0.4) is 0 Å².